The first-order chi connectivity index (χ1) is 12.4. The third kappa shape index (κ3) is 4.62. The van der Waals surface area contributed by atoms with Crippen LogP contribution >= 0.6 is 46.8 Å². The Labute approximate surface area is 169 Å². The van der Waals surface area contributed by atoms with Crippen molar-refractivity contribution in [3.8, 4) is 0 Å². The Hall–Kier alpha value is -1.93. The highest BCUT2D eigenvalue weighted by Gasteiger charge is 2.18. The number of nitrogens with zero attached hydrogens (tertiary/aromatic N) is 2. The highest BCUT2D eigenvalue weighted by atomic mass is 35.5. The number of hydrogen-bond acceptors (Lipinski definition) is 5. The van der Waals surface area contributed by atoms with Gasteiger partial charge in [0.25, 0.3) is 0 Å². The number of aryl methyl sites for hydroxylation is 1. The van der Waals surface area contributed by atoms with E-state index in [1.165, 1.54) is 11.3 Å². The van der Waals surface area contributed by atoms with Gasteiger partial charge >= 0.3 is 0 Å². The van der Waals surface area contributed by atoms with Crippen LogP contribution in [-0.2, 0) is 4.79 Å². The molecule has 1 heterocycles. The van der Waals surface area contributed by atoms with Gasteiger partial charge in [-0.2, -0.15) is 0 Å². The lowest BCUT2D eigenvalue weighted by Gasteiger charge is -2.21. The van der Waals surface area contributed by atoms with Crippen molar-refractivity contribution in [1.82, 2.24) is 10.2 Å². The van der Waals surface area contributed by atoms with E-state index < -0.39 is 0 Å². The van der Waals surface area contributed by atoms with Crippen molar-refractivity contribution in [2.75, 3.05) is 16.8 Å². The van der Waals surface area contributed by atoms with E-state index in [-0.39, 0.29) is 12.5 Å². The summed E-state index contributed by atoms with van der Waals surface area (Å²) in [5, 5.41) is 11.2. The second-order valence-electron chi connectivity index (χ2n) is 5.49. The fourth-order valence-corrected chi connectivity index (χ4v) is 3.68. The zero-order valence-electron chi connectivity index (χ0n) is 13.6. The maximum Gasteiger partial charge on any atom is 0.244 e. The maximum atomic E-state index is 12.6. The lowest BCUT2D eigenvalue weighted by atomic mass is 10.2. The average molecular weight is 425 g/mol. The fraction of sp³-hybridized carbons (Fsp3) is 0.118. The van der Waals surface area contributed by atoms with Crippen molar-refractivity contribution in [2.45, 2.75) is 6.92 Å². The molecule has 0 saturated carbocycles. The Morgan fingerprint density at radius 2 is 2.12 bits per heavy atom. The molecule has 0 spiro atoms. The highest BCUT2D eigenvalue weighted by molar-refractivity contribution is 7.73. The van der Waals surface area contributed by atoms with Crippen molar-refractivity contribution in [2.24, 2.45) is 0 Å². The minimum atomic E-state index is -0.239. The molecule has 1 aromatic heterocycles. The van der Waals surface area contributed by atoms with E-state index in [0.29, 0.717) is 24.8 Å². The van der Waals surface area contributed by atoms with Gasteiger partial charge in [0.05, 0.1) is 10.7 Å². The number of anilines is 3. The fourth-order valence-electron chi connectivity index (χ4n) is 2.33. The molecule has 0 fully saturated rings. The lowest BCUT2D eigenvalue weighted by Crippen LogP contribution is -2.29. The summed E-state index contributed by atoms with van der Waals surface area (Å²) in [6, 6.07) is 12.7. The summed E-state index contributed by atoms with van der Waals surface area (Å²) < 4.78 is 0.541. The molecule has 0 saturated heterocycles. The molecule has 0 bridgehead atoms. The van der Waals surface area contributed by atoms with Crippen LogP contribution in [0.5, 0.6) is 0 Å². The Morgan fingerprint density at radius 3 is 2.77 bits per heavy atom. The van der Waals surface area contributed by atoms with Gasteiger partial charge in [0.2, 0.25) is 11.0 Å². The molecule has 1 amide bonds. The highest BCUT2D eigenvalue weighted by Crippen LogP contribution is 2.29. The van der Waals surface area contributed by atoms with Crippen LogP contribution in [0.2, 0.25) is 10.0 Å². The summed E-state index contributed by atoms with van der Waals surface area (Å²) in [6.07, 6.45) is 0. The SMILES string of the molecule is Cc1cccc(N(CC(=O)Nc2ccc(Cl)cc2Cl)c2n[nH]c(=S)s2)c1. The van der Waals surface area contributed by atoms with Gasteiger partial charge in [-0.15, -0.1) is 5.10 Å². The number of carbonyl (C=O) groups excluding carboxylic acids is 1. The molecule has 134 valence electrons. The number of aromatic nitrogens is 2. The van der Waals surface area contributed by atoms with Crippen LogP contribution in [-0.4, -0.2) is 22.6 Å². The number of aromatic amines is 1. The smallest absolute Gasteiger partial charge is 0.244 e. The number of hydrogen-bond donors (Lipinski definition) is 2. The number of nitrogens with one attached hydrogen (secondary N) is 2. The molecular weight excluding hydrogens is 411 g/mol. The first-order valence-electron chi connectivity index (χ1n) is 7.57. The van der Waals surface area contributed by atoms with E-state index in [0.717, 1.165) is 11.3 Å². The Kier molecular flexibility index (Phi) is 5.93. The van der Waals surface area contributed by atoms with Gasteiger partial charge in [0, 0.05) is 10.7 Å². The first kappa shape index (κ1) is 18.8. The van der Waals surface area contributed by atoms with Crippen molar-refractivity contribution in [3.05, 3.63) is 62.0 Å². The molecule has 2 N–H and O–H groups in total. The largest absolute Gasteiger partial charge is 0.323 e. The van der Waals surface area contributed by atoms with Gasteiger partial charge in [-0.1, -0.05) is 46.7 Å². The first-order valence-corrected chi connectivity index (χ1v) is 9.55. The van der Waals surface area contributed by atoms with Gasteiger partial charge in [-0.25, -0.2) is 0 Å². The normalized spacial score (nSPS) is 10.6. The van der Waals surface area contributed by atoms with Crippen LogP contribution in [0.4, 0.5) is 16.5 Å². The summed E-state index contributed by atoms with van der Waals surface area (Å²) in [6.45, 7) is 2.04. The third-order valence-corrected chi connectivity index (χ3v) is 5.14. The quantitative estimate of drug-likeness (QED) is 0.523. The van der Waals surface area contributed by atoms with Crippen molar-refractivity contribution >= 4 is 69.2 Å². The number of rotatable bonds is 5. The molecule has 0 atom stereocenters. The van der Waals surface area contributed by atoms with E-state index in [1.54, 1.807) is 23.1 Å². The molecule has 0 aliphatic heterocycles. The minimum Gasteiger partial charge on any atom is -0.323 e. The van der Waals surface area contributed by atoms with E-state index >= 15 is 0 Å². The molecular formula is C17H14Cl2N4OS2. The third-order valence-electron chi connectivity index (χ3n) is 3.48. The number of H-pyrrole nitrogens is 1. The number of halogens is 2. The summed E-state index contributed by atoms with van der Waals surface area (Å²) in [5.41, 5.74) is 2.42. The average Bonchev–Trinajstić information content (AvgIpc) is 3.01. The summed E-state index contributed by atoms with van der Waals surface area (Å²) in [7, 11) is 0. The van der Waals surface area contributed by atoms with Gasteiger partial charge in [0.15, 0.2) is 3.95 Å². The lowest BCUT2D eigenvalue weighted by molar-refractivity contribution is -0.114. The van der Waals surface area contributed by atoms with Gasteiger partial charge in [-0.3, -0.25) is 9.89 Å². The Balaban J connectivity index is 1.85. The van der Waals surface area contributed by atoms with Crippen LogP contribution in [0, 0.1) is 10.9 Å². The summed E-state index contributed by atoms with van der Waals surface area (Å²) in [4.78, 5) is 14.4. The number of amides is 1. The second-order valence-corrected chi connectivity index (χ2v) is 7.98. The predicted octanol–water partition coefficient (Wildman–Crippen LogP) is 5.59. The van der Waals surface area contributed by atoms with E-state index in [9.17, 15) is 4.79 Å². The van der Waals surface area contributed by atoms with Gasteiger partial charge in [-0.05, 0) is 55.0 Å². The molecule has 26 heavy (non-hydrogen) atoms. The van der Waals surface area contributed by atoms with E-state index in [4.69, 9.17) is 35.4 Å². The molecule has 2 aromatic carbocycles. The molecule has 9 heteroatoms. The van der Waals surface area contributed by atoms with Crippen LogP contribution in [0.1, 0.15) is 5.56 Å². The number of benzene rings is 2. The maximum absolute atomic E-state index is 12.6. The van der Waals surface area contributed by atoms with E-state index in [1.807, 2.05) is 31.2 Å². The number of carbonyl (C=O) groups is 1. The molecule has 0 radical (unpaired) electrons. The zero-order valence-corrected chi connectivity index (χ0v) is 16.8. The van der Waals surface area contributed by atoms with Crippen molar-refractivity contribution in [3.63, 3.8) is 0 Å². The molecule has 0 aliphatic rings. The van der Waals surface area contributed by atoms with Gasteiger partial charge in [0.1, 0.15) is 6.54 Å². The molecule has 3 rings (SSSR count). The second kappa shape index (κ2) is 8.18. The Bertz CT molecular complexity index is 1000. The monoisotopic (exact) mass is 424 g/mol. The Morgan fingerprint density at radius 1 is 1.31 bits per heavy atom. The standard InChI is InChI=1S/C17H14Cl2N4OS2/c1-10-3-2-4-12(7-10)23(16-21-22-17(25)26-16)9-15(24)20-14-6-5-11(18)8-13(14)19/h2-8H,9H2,1H3,(H,20,24)(H,22,25). The van der Waals surface area contributed by atoms with E-state index in [2.05, 4.69) is 15.5 Å². The minimum absolute atomic E-state index is 0.0541. The van der Waals surface area contributed by atoms with Crippen LogP contribution in [0.3, 0.4) is 0 Å². The topological polar surface area (TPSA) is 61.0 Å². The molecule has 3 aromatic rings. The summed E-state index contributed by atoms with van der Waals surface area (Å²) in [5.74, 6) is -0.239. The van der Waals surface area contributed by atoms with Crippen LogP contribution in [0.15, 0.2) is 42.5 Å². The van der Waals surface area contributed by atoms with Crippen LogP contribution in [0.25, 0.3) is 0 Å². The predicted molar refractivity (Wildman–Crippen MR) is 111 cm³/mol. The zero-order chi connectivity index (χ0) is 18.7. The molecule has 5 nitrogen and oxygen atoms in total. The van der Waals surface area contributed by atoms with Gasteiger partial charge < -0.3 is 10.2 Å². The van der Waals surface area contributed by atoms with Crippen LogP contribution < -0.4 is 10.2 Å². The molecule has 0 aliphatic carbocycles. The molecule has 0 unspecified atom stereocenters. The van der Waals surface area contributed by atoms with Crippen molar-refractivity contribution < 1.29 is 4.79 Å². The summed E-state index contributed by atoms with van der Waals surface area (Å²) >= 11 is 18.4. The van der Waals surface area contributed by atoms with Crippen molar-refractivity contribution in [1.29, 1.82) is 0 Å².